The number of carbonyl (C=O) groups is 2. The molecule has 0 rings (SSSR count). The van der Waals surface area contributed by atoms with Gasteiger partial charge in [-0.2, -0.15) is 0 Å². The Morgan fingerprint density at radius 1 is 0.625 bits per heavy atom. The molecule has 0 saturated carbocycles. The second-order valence-corrected chi connectivity index (χ2v) is 11.7. The number of hydrogen-bond acceptors (Lipinski definition) is 6. The zero-order valence-electron chi connectivity index (χ0n) is 26.7. The van der Waals surface area contributed by atoms with E-state index in [0.717, 1.165) is 83.8 Å². The second-order valence-electron chi connectivity index (χ2n) is 11.7. The van der Waals surface area contributed by atoms with Gasteiger partial charge in [0.25, 0.3) is 6.47 Å². The third kappa shape index (κ3) is 27.1. The van der Waals surface area contributed by atoms with E-state index in [9.17, 15) is 14.7 Å². The van der Waals surface area contributed by atoms with E-state index in [0.29, 0.717) is 19.7 Å². The molecule has 1 atom stereocenters. The minimum atomic E-state index is 0.0497. The highest BCUT2D eigenvalue weighted by Crippen LogP contribution is 2.19. The molecular formula is C34H67NO5. The van der Waals surface area contributed by atoms with Gasteiger partial charge in [0.15, 0.2) is 0 Å². The van der Waals surface area contributed by atoms with Gasteiger partial charge in [-0.05, 0) is 58.0 Å². The molecule has 0 aliphatic rings. The number of ether oxygens (including phenoxy) is 2. The van der Waals surface area contributed by atoms with E-state index in [-0.39, 0.29) is 18.5 Å². The van der Waals surface area contributed by atoms with Crippen molar-refractivity contribution in [1.82, 2.24) is 4.90 Å². The predicted molar refractivity (Wildman–Crippen MR) is 168 cm³/mol. The fourth-order valence-electron chi connectivity index (χ4n) is 5.34. The molecule has 0 radical (unpaired) electrons. The van der Waals surface area contributed by atoms with Crippen molar-refractivity contribution in [2.45, 2.75) is 162 Å². The molecule has 0 aliphatic heterocycles. The molecule has 40 heavy (non-hydrogen) atoms. The van der Waals surface area contributed by atoms with Crippen molar-refractivity contribution < 1.29 is 24.2 Å². The lowest BCUT2D eigenvalue weighted by atomic mass is 9.95. The van der Waals surface area contributed by atoms with Crippen molar-refractivity contribution in [3.8, 4) is 0 Å². The topological polar surface area (TPSA) is 76.1 Å². The molecule has 6 heteroatoms. The van der Waals surface area contributed by atoms with Gasteiger partial charge in [-0.3, -0.25) is 9.59 Å². The lowest BCUT2D eigenvalue weighted by Gasteiger charge is -2.22. The molecule has 0 aromatic carbocycles. The maximum atomic E-state index is 12.6. The van der Waals surface area contributed by atoms with Crippen molar-refractivity contribution in [2.75, 3.05) is 39.5 Å². The van der Waals surface area contributed by atoms with Crippen LogP contribution < -0.4 is 0 Å². The maximum absolute atomic E-state index is 12.6. The van der Waals surface area contributed by atoms with Crippen molar-refractivity contribution in [3.63, 3.8) is 0 Å². The predicted octanol–water partition coefficient (Wildman–Crippen LogP) is 8.63. The standard InChI is InChI=1S/C34H67NO5/c1-3-5-7-18-25-33(24-6-4-2)34(38)40-31-22-17-13-9-11-15-20-27-35(28-23-29-36)26-19-14-10-8-12-16-21-30-39-32-37/h32-33,36H,3-31H2,1-2H3. The van der Waals surface area contributed by atoms with Crippen molar-refractivity contribution in [3.05, 3.63) is 0 Å². The molecule has 0 bridgehead atoms. The average Bonchev–Trinajstić information content (AvgIpc) is 2.96. The Morgan fingerprint density at radius 3 is 1.65 bits per heavy atom. The van der Waals surface area contributed by atoms with Gasteiger partial charge in [0.2, 0.25) is 0 Å². The fraction of sp³-hybridized carbons (Fsp3) is 0.941. The van der Waals surface area contributed by atoms with Crippen LogP contribution in [0.4, 0.5) is 0 Å². The SMILES string of the molecule is CCCCCCC(CCCC)C(=O)OCCCCCCCCCN(CCCO)CCCCCCCCCOC=O. The molecule has 6 nitrogen and oxygen atoms in total. The minimum absolute atomic E-state index is 0.0497. The third-order valence-corrected chi connectivity index (χ3v) is 7.95. The Kier molecular flexibility index (Phi) is 31.5. The number of carbonyl (C=O) groups excluding carboxylic acids is 2. The number of rotatable bonds is 33. The molecule has 0 amide bonds. The first-order valence-electron chi connectivity index (χ1n) is 17.2. The Labute approximate surface area is 248 Å². The van der Waals surface area contributed by atoms with Gasteiger partial charge in [-0.25, -0.2) is 0 Å². The van der Waals surface area contributed by atoms with Gasteiger partial charge < -0.3 is 19.5 Å². The molecule has 0 aromatic heterocycles. The van der Waals surface area contributed by atoms with E-state index < -0.39 is 0 Å². The number of hydrogen-bond donors (Lipinski definition) is 1. The van der Waals surface area contributed by atoms with E-state index in [2.05, 4.69) is 18.7 Å². The number of aliphatic hydroxyl groups is 1. The smallest absolute Gasteiger partial charge is 0.308 e. The highest BCUT2D eigenvalue weighted by Gasteiger charge is 2.18. The monoisotopic (exact) mass is 570 g/mol. The van der Waals surface area contributed by atoms with Crippen LogP contribution in [0.1, 0.15) is 162 Å². The molecule has 1 N–H and O–H groups in total. The van der Waals surface area contributed by atoms with Crippen LogP contribution in [0.5, 0.6) is 0 Å². The summed E-state index contributed by atoms with van der Waals surface area (Å²) in [5.74, 6) is 0.161. The van der Waals surface area contributed by atoms with E-state index >= 15 is 0 Å². The summed E-state index contributed by atoms with van der Waals surface area (Å²) in [6.45, 7) is 9.66. The molecule has 0 aromatic rings. The summed E-state index contributed by atoms with van der Waals surface area (Å²) >= 11 is 0. The van der Waals surface area contributed by atoms with Crippen LogP contribution in [0.15, 0.2) is 0 Å². The summed E-state index contributed by atoms with van der Waals surface area (Å²) in [5.41, 5.74) is 0. The summed E-state index contributed by atoms with van der Waals surface area (Å²) in [6.07, 6.45) is 26.8. The summed E-state index contributed by atoms with van der Waals surface area (Å²) < 4.78 is 10.4. The van der Waals surface area contributed by atoms with Crippen LogP contribution in [0.3, 0.4) is 0 Å². The van der Waals surface area contributed by atoms with Crippen LogP contribution in [-0.4, -0.2) is 61.9 Å². The van der Waals surface area contributed by atoms with E-state index in [1.807, 2.05) is 0 Å². The zero-order valence-corrected chi connectivity index (χ0v) is 26.7. The molecule has 238 valence electrons. The largest absolute Gasteiger partial charge is 0.468 e. The van der Waals surface area contributed by atoms with Crippen LogP contribution in [-0.2, 0) is 19.1 Å². The Balaban J connectivity index is 3.79. The molecule has 1 unspecified atom stereocenters. The molecular weight excluding hydrogens is 502 g/mol. The zero-order chi connectivity index (χ0) is 29.4. The number of nitrogens with zero attached hydrogens (tertiary/aromatic N) is 1. The van der Waals surface area contributed by atoms with Crippen LogP contribution in [0.25, 0.3) is 0 Å². The summed E-state index contributed by atoms with van der Waals surface area (Å²) in [5, 5.41) is 9.25. The summed E-state index contributed by atoms with van der Waals surface area (Å²) in [6, 6.07) is 0. The van der Waals surface area contributed by atoms with E-state index in [4.69, 9.17) is 9.47 Å². The van der Waals surface area contributed by atoms with Gasteiger partial charge in [0, 0.05) is 13.2 Å². The van der Waals surface area contributed by atoms with E-state index in [1.54, 1.807) is 0 Å². The lowest BCUT2D eigenvalue weighted by molar-refractivity contribution is -0.149. The molecule has 0 fully saturated rings. The number of aliphatic hydroxyl groups excluding tert-OH is 1. The first kappa shape index (κ1) is 38.9. The fourth-order valence-corrected chi connectivity index (χ4v) is 5.34. The van der Waals surface area contributed by atoms with Gasteiger partial charge >= 0.3 is 5.97 Å². The second kappa shape index (κ2) is 32.4. The van der Waals surface area contributed by atoms with Crippen molar-refractivity contribution >= 4 is 12.4 Å². The van der Waals surface area contributed by atoms with E-state index in [1.165, 1.54) is 83.5 Å². The van der Waals surface area contributed by atoms with Crippen molar-refractivity contribution in [2.24, 2.45) is 5.92 Å². The number of unbranched alkanes of at least 4 members (excludes halogenated alkanes) is 16. The third-order valence-electron chi connectivity index (χ3n) is 7.95. The number of esters is 1. The van der Waals surface area contributed by atoms with Crippen LogP contribution in [0.2, 0.25) is 0 Å². The van der Waals surface area contributed by atoms with Gasteiger partial charge in [0.1, 0.15) is 0 Å². The van der Waals surface area contributed by atoms with Gasteiger partial charge in [-0.1, -0.05) is 117 Å². The lowest BCUT2D eigenvalue weighted by Crippen LogP contribution is -2.27. The Morgan fingerprint density at radius 2 is 1.10 bits per heavy atom. The highest BCUT2D eigenvalue weighted by atomic mass is 16.5. The molecule has 0 heterocycles. The first-order chi connectivity index (χ1) is 19.7. The first-order valence-corrected chi connectivity index (χ1v) is 17.2. The normalized spacial score (nSPS) is 12.1. The van der Waals surface area contributed by atoms with Gasteiger partial charge in [0.05, 0.1) is 19.1 Å². The van der Waals surface area contributed by atoms with Crippen molar-refractivity contribution in [1.29, 1.82) is 0 Å². The van der Waals surface area contributed by atoms with Crippen LogP contribution >= 0.6 is 0 Å². The minimum Gasteiger partial charge on any atom is -0.468 e. The molecule has 0 spiro atoms. The average molecular weight is 570 g/mol. The Bertz CT molecular complexity index is 530. The summed E-state index contributed by atoms with van der Waals surface area (Å²) in [7, 11) is 0. The quantitative estimate of drug-likeness (QED) is 0.0484. The maximum Gasteiger partial charge on any atom is 0.308 e. The Hall–Kier alpha value is -1.14. The molecule has 0 aliphatic carbocycles. The summed E-state index contributed by atoms with van der Waals surface area (Å²) in [4.78, 5) is 25.2. The molecule has 0 saturated heterocycles. The van der Waals surface area contributed by atoms with Gasteiger partial charge in [-0.15, -0.1) is 0 Å². The highest BCUT2D eigenvalue weighted by molar-refractivity contribution is 5.72. The van der Waals surface area contributed by atoms with Crippen LogP contribution in [0, 0.1) is 5.92 Å².